The van der Waals surface area contributed by atoms with Gasteiger partial charge in [-0.05, 0) is 31.6 Å². The molecule has 35 heavy (non-hydrogen) atoms. The topological polar surface area (TPSA) is 116 Å². The van der Waals surface area contributed by atoms with Crippen molar-refractivity contribution in [1.29, 1.82) is 0 Å². The Morgan fingerprint density at radius 2 is 2.09 bits per heavy atom. The summed E-state index contributed by atoms with van der Waals surface area (Å²) in [5, 5.41) is 10.9. The molecule has 0 bridgehead atoms. The largest absolute Gasteiger partial charge is 0.507 e. The lowest BCUT2D eigenvalue weighted by atomic mass is 9.87. The average molecular weight is 482 g/mol. The Balaban J connectivity index is 2.17. The Morgan fingerprint density at radius 3 is 2.71 bits per heavy atom. The van der Waals surface area contributed by atoms with Gasteiger partial charge in [0, 0.05) is 42.0 Å². The van der Waals surface area contributed by atoms with E-state index >= 15 is 0 Å². The van der Waals surface area contributed by atoms with Crippen molar-refractivity contribution in [2.45, 2.75) is 39.2 Å². The molecule has 9 nitrogen and oxygen atoms in total. The van der Waals surface area contributed by atoms with Crippen molar-refractivity contribution < 1.29 is 24.1 Å². The van der Waals surface area contributed by atoms with Crippen molar-refractivity contribution in [3.63, 3.8) is 0 Å². The number of ether oxygens (including phenoxy) is 3. The van der Waals surface area contributed by atoms with Crippen molar-refractivity contribution in [3.8, 4) is 17.2 Å². The predicted octanol–water partition coefficient (Wildman–Crippen LogP) is 3.49. The molecule has 0 aliphatic heterocycles. The number of nitrogens with zero attached hydrogens (tertiary/aromatic N) is 2. The first-order valence-corrected chi connectivity index (χ1v) is 11.2. The van der Waals surface area contributed by atoms with Crippen molar-refractivity contribution in [3.05, 3.63) is 81.8 Å². The van der Waals surface area contributed by atoms with Crippen LogP contribution in [0.4, 0.5) is 0 Å². The van der Waals surface area contributed by atoms with Gasteiger partial charge in [-0.25, -0.2) is 4.98 Å². The average Bonchev–Trinajstić information content (AvgIpc) is 3.34. The summed E-state index contributed by atoms with van der Waals surface area (Å²) in [7, 11) is 2.79. The molecule has 0 radical (unpaired) electrons. The summed E-state index contributed by atoms with van der Waals surface area (Å²) in [4.78, 5) is 33.2. The number of aromatic nitrogens is 3. The molecule has 2 N–H and O–H groups in total. The van der Waals surface area contributed by atoms with E-state index in [1.54, 1.807) is 42.2 Å². The number of para-hydroxylation sites is 1. The van der Waals surface area contributed by atoms with E-state index in [4.69, 9.17) is 14.2 Å². The molecule has 0 aliphatic carbocycles. The number of hydrogen-bond donors (Lipinski definition) is 2. The number of H-pyrrole nitrogens is 1. The van der Waals surface area contributed by atoms with Gasteiger partial charge in [-0.2, -0.15) is 0 Å². The van der Waals surface area contributed by atoms with Crippen LogP contribution >= 0.6 is 0 Å². The van der Waals surface area contributed by atoms with Gasteiger partial charge < -0.3 is 28.9 Å². The number of aromatic hydroxyl groups is 1. The van der Waals surface area contributed by atoms with Crippen LogP contribution in [0, 0.1) is 6.92 Å². The molecule has 0 saturated carbocycles. The maximum absolute atomic E-state index is 13.7. The van der Waals surface area contributed by atoms with Crippen LogP contribution in [0.1, 0.15) is 41.8 Å². The van der Waals surface area contributed by atoms with Crippen LogP contribution in [-0.4, -0.2) is 46.4 Å². The third-order valence-corrected chi connectivity index (χ3v) is 5.70. The minimum absolute atomic E-state index is 0.0824. The van der Waals surface area contributed by atoms with E-state index in [-0.39, 0.29) is 24.3 Å². The predicted molar refractivity (Wildman–Crippen MR) is 131 cm³/mol. The number of carbonyl (C=O) groups excluding carboxylic acids is 1. The maximum Gasteiger partial charge on any atom is 0.306 e. The number of imidazole rings is 1. The molecule has 3 rings (SSSR count). The van der Waals surface area contributed by atoms with Crippen molar-refractivity contribution in [2.24, 2.45) is 0 Å². The fourth-order valence-corrected chi connectivity index (χ4v) is 3.96. The number of aromatic amines is 1. The van der Waals surface area contributed by atoms with E-state index in [1.807, 2.05) is 6.92 Å². The van der Waals surface area contributed by atoms with E-state index in [0.717, 1.165) is 11.3 Å². The van der Waals surface area contributed by atoms with E-state index in [1.165, 1.54) is 20.3 Å². The van der Waals surface area contributed by atoms with Gasteiger partial charge >= 0.3 is 5.97 Å². The number of pyridine rings is 1. The Labute approximate surface area is 204 Å². The lowest BCUT2D eigenvalue weighted by Gasteiger charge is -2.23. The van der Waals surface area contributed by atoms with E-state index in [9.17, 15) is 14.7 Å². The highest BCUT2D eigenvalue weighted by Crippen LogP contribution is 2.42. The van der Waals surface area contributed by atoms with Gasteiger partial charge in [0.05, 0.1) is 32.5 Å². The minimum Gasteiger partial charge on any atom is -0.507 e. The number of rotatable bonds is 11. The van der Waals surface area contributed by atoms with Crippen molar-refractivity contribution in [1.82, 2.24) is 14.5 Å². The fraction of sp³-hybridized carbons (Fsp3) is 0.346. The molecule has 0 aliphatic rings. The first-order chi connectivity index (χ1) is 16.8. The van der Waals surface area contributed by atoms with E-state index in [0.29, 0.717) is 35.7 Å². The Hall–Kier alpha value is -4.01. The second kappa shape index (κ2) is 11.4. The molecule has 1 aromatic carbocycles. The quantitative estimate of drug-likeness (QED) is 0.318. The molecule has 2 heterocycles. The molecule has 2 aromatic heterocycles. The summed E-state index contributed by atoms with van der Waals surface area (Å²) in [6.45, 7) is 8.02. The molecule has 0 spiro atoms. The number of aryl methyl sites for hydroxylation is 2. The molecule has 1 atom stereocenters. The number of esters is 1. The molecule has 3 aromatic rings. The van der Waals surface area contributed by atoms with Crippen molar-refractivity contribution >= 4 is 5.97 Å². The Bertz CT molecular complexity index is 1250. The lowest BCUT2D eigenvalue weighted by molar-refractivity contribution is -0.140. The SMILES string of the molecule is C=C(C)COc1c(OC)cccc1[C@H](CC(=O)OC)c1c(O)cc(C)n(CCc2cnc[nH]2)c1=O. The summed E-state index contributed by atoms with van der Waals surface area (Å²) >= 11 is 0. The summed E-state index contributed by atoms with van der Waals surface area (Å²) in [6.07, 6.45) is 3.64. The standard InChI is InChI=1S/C26H31N3O6/c1-16(2)14-35-25-19(7-6-8-22(25)33-4)20(12-23(31)34-5)24-21(30)11-17(3)29(26(24)32)10-9-18-13-27-15-28-18/h6-8,11,13,15,20,30H,1,9-10,12,14H2,2-5H3,(H,27,28)/t20-/m0/s1. The first-order valence-electron chi connectivity index (χ1n) is 11.2. The highest BCUT2D eigenvalue weighted by molar-refractivity contribution is 5.72. The molecule has 0 amide bonds. The second-order valence-electron chi connectivity index (χ2n) is 8.33. The summed E-state index contributed by atoms with van der Waals surface area (Å²) < 4.78 is 18.0. The van der Waals surface area contributed by atoms with E-state index in [2.05, 4.69) is 16.5 Å². The van der Waals surface area contributed by atoms with Gasteiger partial charge in [-0.1, -0.05) is 18.7 Å². The summed E-state index contributed by atoms with van der Waals surface area (Å²) in [5.41, 5.74) is 2.46. The van der Waals surface area contributed by atoms with Gasteiger partial charge in [0.1, 0.15) is 12.4 Å². The van der Waals surface area contributed by atoms with Crippen LogP contribution in [-0.2, 0) is 22.5 Å². The van der Waals surface area contributed by atoms with Gasteiger partial charge in [0.15, 0.2) is 11.5 Å². The molecule has 186 valence electrons. The number of nitrogens with one attached hydrogen (secondary N) is 1. The van der Waals surface area contributed by atoms with Gasteiger partial charge in [0.25, 0.3) is 5.56 Å². The lowest BCUT2D eigenvalue weighted by Crippen LogP contribution is -2.29. The first kappa shape index (κ1) is 25.6. The molecule has 0 fully saturated rings. The molecular weight excluding hydrogens is 450 g/mol. The van der Waals surface area contributed by atoms with Crippen molar-refractivity contribution in [2.75, 3.05) is 20.8 Å². The zero-order chi connectivity index (χ0) is 25.5. The smallest absolute Gasteiger partial charge is 0.306 e. The monoisotopic (exact) mass is 481 g/mol. The molecule has 0 saturated heterocycles. The van der Waals surface area contributed by atoms with Crippen LogP contribution in [0.15, 0.2) is 53.7 Å². The minimum atomic E-state index is -0.843. The third-order valence-electron chi connectivity index (χ3n) is 5.70. The van der Waals surface area contributed by atoms with Gasteiger partial charge in [-0.15, -0.1) is 0 Å². The molecular formula is C26H31N3O6. The van der Waals surface area contributed by atoms with Crippen LogP contribution in [0.3, 0.4) is 0 Å². The maximum atomic E-state index is 13.7. The molecule has 0 unspecified atom stereocenters. The number of carbonyl (C=O) groups is 1. The van der Waals surface area contributed by atoms with Gasteiger partial charge in [-0.3, -0.25) is 9.59 Å². The third kappa shape index (κ3) is 5.92. The van der Waals surface area contributed by atoms with E-state index < -0.39 is 17.4 Å². The highest BCUT2D eigenvalue weighted by atomic mass is 16.5. The summed E-state index contributed by atoms with van der Waals surface area (Å²) in [6, 6.07) is 6.75. The number of methoxy groups -OCH3 is 2. The number of hydrogen-bond acceptors (Lipinski definition) is 7. The molecule has 9 heteroatoms. The van der Waals surface area contributed by atoms with Crippen LogP contribution in [0.5, 0.6) is 17.2 Å². The Morgan fingerprint density at radius 1 is 1.31 bits per heavy atom. The number of benzene rings is 1. The highest BCUT2D eigenvalue weighted by Gasteiger charge is 2.30. The van der Waals surface area contributed by atoms with Crippen LogP contribution in [0.2, 0.25) is 0 Å². The zero-order valence-corrected chi connectivity index (χ0v) is 20.5. The summed E-state index contributed by atoms with van der Waals surface area (Å²) in [5.74, 6) is -0.774. The van der Waals surface area contributed by atoms with Crippen LogP contribution in [0.25, 0.3) is 0 Å². The normalized spacial score (nSPS) is 11.7. The fourth-order valence-electron chi connectivity index (χ4n) is 3.96. The van der Waals surface area contributed by atoms with Gasteiger partial charge in [0.2, 0.25) is 0 Å². The second-order valence-corrected chi connectivity index (χ2v) is 8.33. The Kier molecular flexibility index (Phi) is 8.35. The van der Waals surface area contributed by atoms with Crippen LogP contribution < -0.4 is 15.0 Å². The zero-order valence-electron chi connectivity index (χ0n) is 20.5.